The van der Waals surface area contributed by atoms with Crippen LogP contribution in [0.2, 0.25) is 0 Å². The first-order valence-corrected chi connectivity index (χ1v) is 16.6. The second kappa shape index (κ2) is 12.9. The minimum Gasteiger partial charge on any atom is -0.352 e. The largest absolute Gasteiger partial charge is 0.416 e. The number of carbonyl (C=O) groups excluding carboxylic acids is 1. The smallest absolute Gasteiger partial charge is 0.352 e. The lowest BCUT2D eigenvalue weighted by Gasteiger charge is -2.23. The van der Waals surface area contributed by atoms with Crippen molar-refractivity contribution in [3.05, 3.63) is 101 Å². The fraction of sp³-hybridized carbons (Fsp3) is 0.382. The Labute approximate surface area is 262 Å². The summed E-state index contributed by atoms with van der Waals surface area (Å²) in [7, 11) is -2.00. The molecule has 240 valence electrons. The molecule has 4 aromatic rings. The van der Waals surface area contributed by atoms with Gasteiger partial charge in [0.05, 0.1) is 16.8 Å². The average Bonchev–Trinajstić information content (AvgIpc) is 3.74. The van der Waals surface area contributed by atoms with Crippen molar-refractivity contribution in [2.45, 2.75) is 63.5 Å². The van der Waals surface area contributed by atoms with Crippen molar-refractivity contribution in [3.63, 3.8) is 0 Å². The van der Waals surface area contributed by atoms with Crippen LogP contribution in [0, 0.1) is 6.92 Å². The number of hydrogen-bond donors (Lipinski definition) is 2. The Bertz CT molecular complexity index is 1780. The van der Waals surface area contributed by atoms with E-state index in [1.165, 1.54) is 15.9 Å². The summed E-state index contributed by atoms with van der Waals surface area (Å²) in [6, 6.07) is 18.9. The molecule has 1 fully saturated rings. The summed E-state index contributed by atoms with van der Waals surface area (Å²) in [5.74, 6) is -0.299. The van der Waals surface area contributed by atoms with E-state index in [1.54, 1.807) is 19.2 Å². The number of nitrogens with zero attached hydrogens (tertiary/aromatic N) is 2. The molecule has 1 spiro atoms. The molecule has 1 aliphatic carbocycles. The average molecular weight is 641 g/mol. The Morgan fingerprint density at radius 1 is 1.00 bits per heavy atom. The molecule has 45 heavy (non-hydrogen) atoms. The van der Waals surface area contributed by atoms with E-state index in [9.17, 15) is 26.4 Å². The first-order valence-electron chi connectivity index (χ1n) is 15.2. The van der Waals surface area contributed by atoms with Crippen LogP contribution in [0.4, 0.5) is 18.9 Å². The highest BCUT2D eigenvalue weighted by atomic mass is 32.2. The molecule has 2 heterocycles. The molecule has 7 nitrogen and oxygen atoms in total. The number of amides is 1. The number of alkyl halides is 3. The monoisotopic (exact) mass is 640 g/mol. The van der Waals surface area contributed by atoms with Crippen molar-refractivity contribution in [3.8, 4) is 0 Å². The molecule has 1 aliphatic heterocycles. The van der Waals surface area contributed by atoms with Crippen molar-refractivity contribution in [2.75, 3.05) is 24.4 Å². The molecule has 0 unspecified atom stereocenters. The van der Waals surface area contributed by atoms with Gasteiger partial charge >= 0.3 is 6.18 Å². The number of anilines is 1. The molecule has 0 atom stereocenters. The van der Waals surface area contributed by atoms with Crippen LogP contribution in [0.5, 0.6) is 0 Å². The van der Waals surface area contributed by atoms with Gasteiger partial charge in [0.1, 0.15) is 4.75 Å². The molecule has 1 saturated carbocycles. The summed E-state index contributed by atoms with van der Waals surface area (Å²) in [6.45, 7) is 5.70. The Hall–Kier alpha value is -3.83. The fourth-order valence-corrected chi connectivity index (χ4v) is 7.67. The van der Waals surface area contributed by atoms with E-state index in [0.717, 1.165) is 35.0 Å². The molecule has 3 aromatic carbocycles. The lowest BCUT2D eigenvalue weighted by Crippen LogP contribution is -2.38. The maximum Gasteiger partial charge on any atom is 0.416 e. The van der Waals surface area contributed by atoms with Crippen molar-refractivity contribution in [1.82, 2.24) is 15.2 Å². The summed E-state index contributed by atoms with van der Waals surface area (Å²) < 4.78 is 67.9. The van der Waals surface area contributed by atoms with Crippen LogP contribution in [-0.4, -0.2) is 43.8 Å². The summed E-state index contributed by atoms with van der Waals surface area (Å²) in [4.78, 5) is 13.0. The van der Waals surface area contributed by atoms with Crippen LogP contribution in [0.15, 0.2) is 72.9 Å². The number of rotatable bonds is 8. The Balaban J connectivity index is 0.000000505. The zero-order valence-corrected chi connectivity index (χ0v) is 26.6. The third-order valence-electron chi connectivity index (χ3n) is 8.53. The second-order valence-corrected chi connectivity index (χ2v) is 14.2. The lowest BCUT2D eigenvalue weighted by molar-refractivity contribution is -0.137. The summed E-state index contributed by atoms with van der Waals surface area (Å²) in [5, 5.41) is 6.87. The SMILES string of the molecule is CCc1cn2c3c(cc(C(=O)NCCCNCc4cccc(C(F)(F)F)c4)cc13)N(C)S(=O)(=O)C1(CC1)C2.Cc1ccccc1. The van der Waals surface area contributed by atoms with Crippen LogP contribution in [0.3, 0.4) is 0 Å². The number of aromatic nitrogens is 1. The van der Waals surface area contributed by atoms with Crippen molar-refractivity contribution < 1.29 is 26.4 Å². The molecule has 2 aliphatic rings. The quantitative estimate of drug-likeness (QED) is 0.217. The molecule has 11 heteroatoms. The van der Waals surface area contributed by atoms with Gasteiger partial charge < -0.3 is 15.2 Å². The van der Waals surface area contributed by atoms with Crippen LogP contribution in [0.25, 0.3) is 10.9 Å². The molecule has 2 N–H and O–H groups in total. The van der Waals surface area contributed by atoms with Crippen molar-refractivity contribution in [1.29, 1.82) is 0 Å². The van der Waals surface area contributed by atoms with Gasteiger partial charge in [-0.1, -0.05) is 61.0 Å². The van der Waals surface area contributed by atoms with E-state index >= 15 is 0 Å². The molecule has 6 rings (SSSR count). The summed E-state index contributed by atoms with van der Waals surface area (Å²) in [6.07, 6.45) is 0.233. The zero-order chi connectivity index (χ0) is 32.4. The highest BCUT2D eigenvalue weighted by Gasteiger charge is 2.58. The predicted molar refractivity (Wildman–Crippen MR) is 172 cm³/mol. The molecule has 1 amide bonds. The van der Waals surface area contributed by atoms with Gasteiger partial charge in [0.2, 0.25) is 10.0 Å². The molecule has 0 radical (unpaired) electrons. The van der Waals surface area contributed by atoms with Gasteiger partial charge in [0.25, 0.3) is 5.91 Å². The number of sulfonamides is 1. The third kappa shape index (κ3) is 6.89. The first-order chi connectivity index (χ1) is 21.4. The van der Waals surface area contributed by atoms with Gasteiger partial charge in [-0.25, -0.2) is 8.42 Å². The van der Waals surface area contributed by atoms with E-state index in [2.05, 4.69) is 29.7 Å². The minimum atomic E-state index is -4.38. The standard InChI is InChI=1S/C27H31F3N4O3S.C7H8/c1-3-19-16-34-17-26(8-9-26)38(36,37)33(2)23-14-20(13-22(19)24(23)34)25(35)32-11-5-10-31-15-18-6-4-7-21(12-18)27(28,29)30;1-7-5-3-2-4-6-7/h4,6-7,12-14,16,31H,3,5,8-11,15,17H2,1-2H3,(H,32,35);2-6H,1H3. The summed E-state index contributed by atoms with van der Waals surface area (Å²) >= 11 is 0. The van der Waals surface area contributed by atoms with Gasteiger partial charge in [-0.3, -0.25) is 9.10 Å². The van der Waals surface area contributed by atoms with E-state index in [-0.39, 0.29) is 12.5 Å². The molecule has 0 bridgehead atoms. The zero-order valence-electron chi connectivity index (χ0n) is 25.7. The molecule has 0 saturated heterocycles. The Morgan fingerprint density at radius 3 is 2.36 bits per heavy atom. The van der Waals surface area contributed by atoms with Crippen molar-refractivity contribution in [2.24, 2.45) is 0 Å². The number of benzene rings is 3. The van der Waals surface area contributed by atoms with E-state index in [0.29, 0.717) is 55.7 Å². The van der Waals surface area contributed by atoms with Crippen LogP contribution in [0.1, 0.15) is 58.8 Å². The topological polar surface area (TPSA) is 83.4 Å². The fourth-order valence-electron chi connectivity index (χ4n) is 5.78. The number of nitrogens with one attached hydrogen (secondary N) is 2. The Morgan fingerprint density at radius 2 is 1.73 bits per heavy atom. The van der Waals surface area contributed by atoms with Crippen LogP contribution >= 0.6 is 0 Å². The van der Waals surface area contributed by atoms with Gasteiger partial charge in [-0.2, -0.15) is 13.2 Å². The summed E-state index contributed by atoms with van der Waals surface area (Å²) in [5.41, 5.74) is 3.99. The van der Waals surface area contributed by atoms with E-state index in [4.69, 9.17) is 0 Å². The maximum atomic E-state index is 13.4. The van der Waals surface area contributed by atoms with Crippen LogP contribution in [-0.2, 0) is 35.7 Å². The number of hydrogen-bond acceptors (Lipinski definition) is 4. The van der Waals surface area contributed by atoms with Gasteiger partial charge in [0, 0.05) is 43.8 Å². The minimum absolute atomic E-state index is 0.289. The van der Waals surface area contributed by atoms with Crippen LogP contribution < -0.4 is 14.9 Å². The molecular formula is C34H39F3N4O3S. The molecular weight excluding hydrogens is 601 g/mol. The number of carbonyl (C=O) groups is 1. The first kappa shape index (κ1) is 32.6. The Kier molecular flexibility index (Phi) is 9.32. The predicted octanol–water partition coefficient (Wildman–Crippen LogP) is 6.44. The van der Waals surface area contributed by atoms with E-state index in [1.807, 2.05) is 42.0 Å². The van der Waals surface area contributed by atoms with E-state index < -0.39 is 26.5 Å². The number of halogens is 3. The highest BCUT2D eigenvalue weighted by molar-refractivity contribution is 7.94. The normalized spacial score (nSPS) is 16.2. The molecule has 1 aromatic heterocycles. The highest BCUT2D eigenvalue weighted by Crippen LogP contribution is 2.51. The number of aryl methyl sites for hydroxylation is 2. The van der Waals surface area contributed by atoms with Gasteiger partial charge in [-0.15, -0.1) is 0 Å². The third-order valence-corrected chi connectivity index (χ3v) is 11.1. The van der Waals surface area contributed by atoms with Crippen molar-refractivity contribution >= 4 is 32.5 Å². The second-order valence-electron chi connectivity index (χ2n) is 11.8. The van der Waals surface area contributed by atoms with Gasteiger partial charge in [-0.05, 0) is 68.5 Å². The maximum absolute atomic E-state index is 13.4. The lowest BCUT2D eigenvalue weighted by atomic mass is 10.1. The van der Waals surface area contributed by atoms with Gasteiger partial charge in [0.15, 0.2) is 0 Å².